The first kappa shape index (κ1) is 9.54. The zero-order chi connectivity index (χ0) is 9.14. The molecule has 1 rings (SSSR count). The van der Waals surface area contributed by atoms with E-state index in [1.165, 1.54) is 6.92 Å². The third-order valence-corrected chi connectivity index (χ3v) is 2.16. The second kappa shape index (κ2) is 3.91. The molecule has 0 aromatic carbocycles. The van der Waals surface area contributed by atoms with Gasteiger partial charge in [-0.3, -0.25) is 0 Å². The van der Waals surface area contributed by atoms with Crippen molar-refractivity contribution in [1.82, 2.24) is 4.90 Å². The van der Waals surface area contributed by atoms with Gasteiger partial charge < -0.3 is 0 Å². The predicted octanol–water partition coefficient (Wildman–Crippen LogP) is -0.982. The first-order valence-corrected chi connectivity index (χ1v) is 4.01. The van der Waals surface area contributed by atoms with E-state index < -0.39 is 6.10 Å². The van der Waals surface area contributed by atoms with E-state index in [1.54, 1.807) is 4.90 Å². The Morgan fingerprint density at radius 1 is 1.75 bits per heavy atom. The Bertz CT molecular complexity index is 197. The van der Waals surface area contributed by atoms with Crippen LogP contribution in [0.1, 0.15) is 13.3 Å². The minimum atomic E-state index is -0.459. The number of ketones is 1. The molecule has 0 aromatic heterocycles. The number of aliphatic hydroxyl groups excluding tert-OH is 1. The third kappa shape index (κ3) is 1.98. The second-order valence-electron chi connectivity index (χ2n) is 3.14. The van der Waals surface area contributed by atoms with Gasteiger partial charge in [0.15, 0.2) is 0 Å². The van der Waals surface area contributed by atoms with E-state index in [0.717, 1.165) is 7.15 Å². The standard InChI is InChI=1S/C7H12BNO3/c1-5(10)7-2-6(11)3-9(7)4-8-12/h6-7,11H,2-4H2,1H3/t6?,7-/m0/s1. The molecule has 1 aliphatic heterocycles. The normalized spacial score (nSPS) is 30.2. The summed E-state index contributed by atoms with van der Waals surface area (Å²) in [6.45, 7) is 1.92. The average molecular weight is 169 g/mol. The van der Waals surface area contributed by atoms with Crippen molar-refractivity contribution >= 4 is 12.9 Å². The van der Waals surface area contributed by atoms with E-state index in [0.29, 0.717) is 13.0 Å². The van der Waals surface area contributed by atoms with Crippen molar-refractivity contribution in [2.75, 3.05) is 13.0 Å². The molecule has 1 aliphatic rings. The maximum atomic E-state index is 11.0. The predicted molar refractivity (Wildman–Crippen MR) is 43.1 cm³/mol. The van der Waals surface area contributed by atoms with Crippen LogP contribution in [0.3, 0.4) is 0 Å². The summed E-state index contributed by atoms with van der Waals surface area (Å²) >= 11 is 0. The van der Waals surface area contributed by atoms with Crippen LogP contribution in [0.4, 0.5) is 0 Å². The second-order valence-corrected chi connectivity index (χ2v) is 3.14. The number of hydrogen-bond acceptors (Lipinski definition) is 4. The van der Waals surface area contributed by atoms with Crippen LogP contribution in [0, 0.1) is 0 Å². The Kier molecular flexibility index (Phi) is 3.11. The summed E-state index contributed by atoms with van der Waals surface area (Å²) in [6, 6.07) is -0.259. The molecule has 0 saturated carbocycles. The summed E-state index contributed by atoms with van der Waals surface area (Å²) in [5, 5.41) is 9.24. The van der Waals surface area contributed by atoms with Crippen LogP contribution in [0.2, 0.25) is 0 Å². The van der Waals surface area contributed by atoms with Crippen LogP contribution in [0.5, 0.6) is 0 Å². The molecule has 4 nitrogen and oxygen atoms in total. The summed E-state index contributed by atoms with van der Waals surface area (Å²) in [4.78, 5) is 12.7. The van der Waals surface area contributed by atoms with Gasteiger partial charge in [0.25, 0.3) is 0 Å². The molecule has 2 atom stereocenters. The van der Waals surface area contributed by atoms with Gasteiger partial charge in [-0.1, -0.05) is 0 Å². The van der Waals surface area contributed by atoms with Gasteiger partial charge in [-0.2, -0.15) is 0 Å². The van der Waals surface area contributed by atoms with E-state index in [-0.39, 0.29) is 18.3 Å². The maximum absolute atomic E-state index is 11.0. The zero-order valence-electron chi connectivity index (χ0n) is 7.06. The quantitative estimate of drug-likeness (QED) is 0.551. The number of rotatable bonds is 3. The van der Waals surface area contributed by atoms with Crippen molar-refractivity contribution < 1.29 is 14.6 Å². The van der Waals surface area contributed by atoms with E-state index in [4.69, 9.17) is 0 Å². The number of carbonyl (C=O) groups excluding carboxylic acids is 1. The van der Waals surface area contributed by atoms with Crippen molar-refractivity contribution in [3.05, 3.63) is 0 Å². The van der Waals surface area contributed by atoms with Gasteiger partial charge in [0.1, 0.15) is 0 Å². The van der Waals surface area contributed by atoms with Gasteiger partial charge in [0.05, 0.1) is 0 Å². The number of aliphatic hydroxyl groups is 1. The Morgan fingerprint density at radius 3 is 2.92 bits per heavy atom. The monoisotopic (exact) mass is 169 g/mol. The van der Waals surface area contributed by atoms with Crippen LogP contribution in [-0.4, -0.2) is 48.1 Å². The number of likely N-dealkylation sites (tertiary alicyclic amines) is 1. The molecule has 1 heterocycles. The molecule has 1 fully saturated rings. The Hall–Kier alpha value is -0.545. The number of nitrogens with zero attached hydrogens (tertiary/aromatic N) is 1. The SMILES string of the molecule is CC(=O)[C@@H]1CC(O)CN1CB=O. The fourth-order valence-electron chi connectivity index (χ4n) is 1.60. The molecule has 0 radical (unpaired) electrons. The molecular formula is C7H12BNO3. The van der Waals surface area contributed by atoms with Crippen LogP contribution in [-0.2, 0) is 9.50 Å². The van der Waals surface area contributed by atoms with Gasteiger partial charge in [-0.15, -0.1) is 0 Å². The van der Waals surface area contributed by atoms with Gasteiger partial charge in [-0.05, 0) is 0 Å². The van der Waals surface area contributed by atoms with Crippen LogP contribution >= 0.6 is 0 Å². The van der Waals surface area contributed by atoms with E-state index in [1.807, 2.05) is 0 Å². The Morgan fingerprint density at radius 2 is 2.42 bits per heavy atom. The molecule has 0 amide bonds. The summed E-state index contributed by atoms with van der Waals surface area (Å²) in [5.74, 6) is 0.0217. The number of hydrogen-bond donors (Lipinski definition) is 1. The molecule has 0 aliphatic carbocycles. The van der Waals surface area contributed by atoms with Crippen molar-refractivity contribution in [3.63, 3.8) is 0 Å². The van der Waals surface area contributed by atoms with Gasteiger partial charge in [-0.25, -0.2) is 0 Å². The van der Waals surface area contributed by atoms with E-state index in [2.05, 4.69) is 0 Å². The molecule has 1 saturated heterocycles. The first-order chi connectivity index (χ1) is 5.65. The minimum absolute atomic E-state index is 0.0217. The Labute approximate surface area is 71.8 Å². The van der Waals surface area contributed by atoms with Crippen LogP contribution in [0.25, 0.3) is 0 Å². The molecule has 0 bridgehead atoms. The Balaban J connectivity index is 2.58. The van der Waals surface area contributed by atoms with Gasteiger partial charge >= 0.3 is 70.9 Å². The summed E-state index contributed by atoms with van der Waals surface area (Å²) in [7, 11) is 0.758. The third-order valence-electron chi connectivity index (χ3n) is 2.16. The topological polar surface area (TPSA) is 57.6 Å². The van der Waals surface area contributed by atoms with Crippen molar-refractivity contribution in [2.24, 2.45) is 0 Å². The molecule has 1 N–H and O–H groups in total. The fourth-order valence-corrected chi connectivity index (χ4v) is 1.60. The number of carbonyl (C=O) groups is 1. The summed E-state index contributed by atoms with van der Waals surface area (Å²) in [5.41, 5.74) is 0. The van der Waals surface area contributed by atoms with Crippen LogP contribution in [0.15, 0.2) is 0 Å². The molecule has 0 aromatic rings. The number of Topliss-reactive ketones (excluding diaryl/α,β-unsaturated/α-hetero) is 1. The van der Waals surface area contributed by atoms with Crippen LogP contribution < -0.4 is 0 Å². The summed E-state index contributed by atoms with van der Waals surface area (Å²) in [6.07, 6.45) is 0.239. The summed E-state index contributed by atoms with van der Waals surface area (Å²) < 4.78 is 10.2. The average Bonchev–Trinajstić information content (AvgIpc) is 2.32. The molecular weight excluding hydrogens is 157 g/mol. The van der Waals surface area contributed by atoms with Crippen molar-refractivity contribution in [1.29, 1.82) is 0 Å². The van der Waals surface area contributed by atoms with E-state index >= 15 is 0 Å². The molecule has 0 spiro atoms. The molecule has 66 valence electrons. The van der Waals surface area contributed by atoms with Gasteiger partial charge in [0.2, 0.25) is 0 Å². The molecule has 5 heteroatoms. The number of β-amino-alcohol motifs (C(OH)–C–C–N with tert-alkyl or cyclic N) is 1. The van der Waals surface area contributed by atoms with Gasteiger partial charge in [0, 0.05) is 0 Å². The van der Waals surface area contributed by atoms with E-state index in [9.17, 15) is 14.6 Å². The molecule has 12 heavy (non-hydrogen) atoms. The fraction of sp³-hybridized carbons (Fsp3) is 0.857. The van der Waals surface area contributed by atoms with Crippen molar-refractivity contribution in [3.8, 4) is 0 Å². The van der Waals surface area contributed by atoms with Crippen molar-refractivity contribution in [2.45, 2.75) is 25.5 Å². The first-order valence-electron chi connectivity index (χ1n) is 4.01. The zero-order valence-corrected chi connectivity index (χ0v) is 7.06. The molecule has 1 unspecified atom stereocenters.